The number of nitrogens with zero attached hydrogens (tertiary/aromatic N) is 5. The zero-order valence-electron chi connectivity index (χ0n) is 41.6. The molecule has 1 aliphatic rings. The van der Waals surface area contributed by atoms with Crippen LogP contribution in [0.25, 0.3) is 11.2 Å². The van der Waals surface area contributed by atoms with Gasteiger partial charge in [0.05, 0.1) is 53.1 Å². The Balaban J connectivity index is 1.21. The maximum absolute atomic E-state index is 13.1. The summed E-state index contributed by atoms with van der Waals surface area (Å²) in [4.78, 5) is 39.0. The Bertz CT molecular complexity index is 2540. The van der Waals surface area contributed by atoms with E-state index in [1.807, 2.05) is 103 Å². The fourth-order valence-corrected chi connectivity index (χ4v) is 10.8. The number of benzene rings is 4. The van der Waals surface area contributed by atoms with Gasteiger partial charge in [0.1, 0.15) is 41.5 Å². The van der Waals surface area contributed by atoms with Crippen LogP contribution in [0.5, 0.6) is 17.2 Å². The summed E-state index contributed by atoms with van der Waals surface area (Å²) in [6.45, 7) is 13.1. The van der Waals surface area contributed by atoms with Gasteiger partial charge in [0.25, 0.3) is 14.4 Å². The van der Waals surface area contributed by atoms with Crippen molar-refractivity contribution >= 4 is 48.3 Å². The molecule has 16 nitrogen and oxygen atoms in total. The highest BCUT2D eigenvalue weighted by Gasteiger charge is 2.45. The monoisotopic (exact) mass is 1010 g/mol. The fourth-order valence-electron chi connectivity index (χ4n) is 8.29. The number of carbonyl (C=O) groups is 2. The minimum absolute atomic E-state index is 0.0352. The highest BCUT2D eigenvalue weighted by atomic mass is 32.2. The largest absolute Gasteiger partial charge is 0.497 e. The minimum atomic E-state index is -1.69. The van der Waals surface area contributed by atoms with Crippen molar-refractivity contribution in [1.29, 1.82) is 0 Å². The number of thioether (sulfide) groups is 1. The molecular weight excluding hydrogens is 944 g/mol. The van der Waals surface area contributed by atoms with Crippen LogP contribution in [0.1, 0.15) is 70.9 Å². The van der Waals surface area contributed by atoms with E-state index in [0.29, 0.717) is 53.8 Å². The van der Waals surface area contributed by atoms with Crippen molar-refractivity contribution in [2.24, 2.45) is 5.92 Å². The Morgan fingerprint density at radius 2 is 1.41 bits per heavy atom. The van der Waals surface area contributed by atoms with E-state index in [1.165, 1.54) is 18.1 Å². The summed E-state index contributed by atoms with van der Waals surface area (Å²) >= 11 is 1.28. The van der Waals surface area contributed by atoms with Crippen LogP contribution < -0.4 is 19.5 Å². The van der Waals surface area contributed by atoms with Crippen molar-refractivity contribution in [2.75, 3.05) is 58.3 Å². The maximum atomic E-state index is 13.1. The van der Waals surface area contributed by atoms with Gasteiger partial charge in [-0.3, -0.25) is 14.2 Å². The Morgan fingerprint density at radius 1 is 0.789 bits per heavy atom. The lowest BCUT2D eigenvalue weighted by molar-refractivity contribution is -0.118. The number of anilines is 1. The second kappa shape index (κ2) is 25.8. The van der Waals surface area contributed by atoms with Gasteiger partial charge in [-0.05, 0) is 80.8 Å². The molecule has 0 bridgehead atoms. The second-order valence-electron chi connectivity index (χ2n) is 17.6. The van der Waals surface area contributed by atoms with Gasteiger partial charge in [0, 0.05) is 30.2 Å². The number of para-hydroxylation sites is 1. The number of carbonyl (C=O) groups excluding carboxylic acids is 2. The number of aromatic nitrogens is 4. The molecule has 4 atom stereocenters. The van der Waals surface area contributed by atoms with Gasteiger partial charge < -0.3 is 42.8 Å². The van der Waals surface area contributed by atoms with Crippen LogP contribution in [0.15, 0.2) is 122 Å². The summed E-state index contributed by atoms with van der Waals surface area (Å²) in [5, 5.41) is 2.98. The topological polar surface area (TPSA) is 167 Å². The van der Waals surface area contributed by atoms with Crippen molar-refractivity contribution < 1.29 is 47.1 Å². The average molecular weight is 1010 g/mol. The number of rotatable bonds is 26. The number of ether oxygens (including phenoxy) is 6. The molecular formula is C53H65N6O10PS. The quantitative estimate of drug-likeness (QED) is 0.0310. The van der Waals surface area contributed by atoms with Gasteiger partial charge in [0.15, 0.2) is 28.7 Å². The molecule has 1 amide bonds. The summed E-state index contributed by atoms with van der Waals surface area (Å²) in [5.41, 5.74) is 2.32. The summed E-state index contributed by atoms with van der Waals surface area (Å²) in [6.07, 6.45) is 1.53. The molecule has 1 N–H and O–H groups in total. The highest BCUT2D eigenvalue weighted by molar-refractivity contribution is 8.13. The molecule has 1 fully saturated rings. The molecule has 0 radical (unpaired) electrons. The second-order valence-corrected chi connectivity index (χ2v) is 20.1. The van der Waals surface area contributed by atoms with Gasteiger partial charge in [-0.2, -0.15) is 0 Å². The minimum Gasteiger partial charge on any atom is -0.497 e. The third kappa shape index (κ3) is 13.5. The zero-order chi connectivity index (χ0) is 50.3. The van der Waals surface area contributed by atoms with E-state index in [0.717, 1.165) is 16.7 Å². The number of hydrogen-bond acceptors (Lipinski definition) is 15. The van der Waals surface area contributed by atoms with Crippen LogP contribution in [0.2, 0.25) is 0 Å². The Hall–Kier alpha value is -5.49. The van der Waals surface area contributed by atoms with Gasteiger partial charge >= 0.3 is 0 Å². The van der Waals surface area contributed by atoms with Crippen molar-refractivity contribution in [2.45, 2.75) is 84.1 Å². The SMILES string of the molecule is COc1ccc(C(OC[C@H]2O[C@@H](n3cnc4c(NC(=O)COc5ccccc5)ncnc43)C[C@@H]2OP(OCCOCCSC(=O)C(C)C)N(C(C)C)C(C)C)(c2ccccc2)c2ccc(OC)cc2)cc1. The summed E-state index contributed by atoms with van der Waals surface area (Å²) in [6, 6.07) is 35.1. The fraction of sp³-hybridized carbons (Fsp3) is 0.415. The Morgan fingerprint density at radius 3 is 2.01 bits per heavy atom. The number of nitrogens with one attached hydrogen (secondary N) is 1. The van der Waals surface area contributed by atoms with E-state index >= 15 is 0 Å². The van der Waals surface area contributed by atoms with E-state index in [1.54, 1.807) is 32.7 Å². The van der Waals surface area contributed by atoms with Crippen LogP contribution in [-0.4, -0.2) is 113 Å². The molecule has 3 heterocycles. The van der Waals surface area contributed by atoms with Crippen LogP contribution in [0.4, 0.5) is 5.82 Å². The van der Waals surface area contributed by atoms with Crippen molar-refractivity contribution in [3.63, 3.8) is 0 Å². The number of hydrogen-bond donors (Lipinski definition) is 1. The molecule has 0 aliphatic carbocycles. The smallest absolute Gasteiger partial charge is 0.263 e. The lowest BCUT2D eigenvalue weighted by atomic mass is 9.80. The van der Waals surface area contributed by atoms with Crippen molar-refractivity contribution in [3.05, 3.63) is 139 Å². The predicted octanol–water partition coefficient (Wildman–Crippen LogP) is 9.84. The van der Waals surface area contributed by atoms with Gasteiger partial charge in [-0.1, -0.05) is 98.4 Å². The number of fused-ring (bicyclic) bond motifs is 1. The average Bonchev–Trinajstić information content (AvgIpc) is 4.00. The highest BCUT2D eigenvalue weighted by Crippen LogP contribution is 2.51. The number of imidazole rings is 1. The van der Waals surface area contributed by atoms with Gasteiger partial charge in [0.2, 0.25) is 0 Å². The number of methoxy groups -OCH3 is 2. The molecule has 378 valence electrons. The first-order valence-electron chi connectivity index (χ1n) is 23.8. The van der Waals surface area contributed by atoms with Crippen molar-refractivity contribution in [1.82, 2.24) is 24.2 Å². The van der Waals surface area contributed by atoms with Crippen molar-refractivity contribution in [3.8, 4) is 17.2 Å². The molecule has 2 aromatic heterocycles. The third-order valence-corrected chi connectivity index (χ3v) is 15.0. The van der Waals surface area contributed by atoms with Gasteiger partial charge in [-0.25, -0.2) is 19.6 Å². The molecule has 1 unspecified atom stereocenters. The normalized spacial score (nSPS) is 16.5. The molecule has 18 heteroatoms. The first-order chi connectivity index (χ1) is 34.4. The van der Waals surface area contributed by atoms with Crippen LogP contribution in [0.3, 0.4) is 0 Å². The molecule has 0 spiro atoms. The molecule has 1 aliphatic heterocycles. The summed E-state index contributed by atoms with van der Waals surface area (Å²) in [7, 11) is 1.59. The van der Waals surface area contributed by atoms with E-state index in [-0.39, 0.29) is 48.8 Å². The zero-order valence-corrected chi connectivity index (χ0v) is 43.3. The lowest BCUT2D eigenvalue weighted by Gasteiger charge is -2.39. The predicted molar refractivity (Wildman–Crippen MR) is 276 cm³/mol. The first kappa shape index (κ1) is 53.3. The first-order valence-corrected chi connectivity index (χ1v) is 25.9. The van der Waals surface area contributed by atoms with E-state index < -0.39 is 38.5 Å². The number of amides is 1. The van der Waals surface area contributed by atoms with E-state index in [4.69, 9.17) is 37.5 Å². The van der Waals surface area contributed by atoms with Crippen LogP contribution in [0, 0.1) is 5.92 Å². The Kier molecular flexibility index (Phi) is 19.3. The summed E-state index contributed by atoms with van der Waals surface area (Å²) in [5.74, 6) is 2.35. The molecule has 1 saturated heterocycles. The molecule has 0 saturated carbocycles. The maximum Gasteiger partial charge on any atom is 0.263 e. The lowest BCUT2D eigenvalue weighted by Crippen LogP contribution is -2.39. The standard InChI is InChI=1S/C53H65N6O10PS/c1-36(2)52(61)71-30-29-64-27-28-67-70(59(37(3)4)38(5)6)69-45-31-48(58-35-56-49-50(54-34-55-51(49)58)57-47(60)33-65-44-17-13-10-14-18-44)68-46(45)32-66-53(39-15-11-9-12-16-39,40-19-23-42(62-7)24-20-40)41-21-25-43(63-8)26-22-41/h9-26,34-38,45-46,48H,27-33H2,1-8H3,(H,54,55,57,60)/t45-,46+,48+,70?/m0/s1. The summed E-state index contributed by atoms with van der Waals surface area (Å²) < 4.78 is 55.2. The van der Waals surface area contributed by atoms with E-state index in [9.17, 15) is 9.59 Å². The molecule has 71 heavy (non-hydrogen) atoms. The van der Waals surface area contributed by atoms with Gasteiger partial charge in [-0.15, -0.1) is 0 Å². The van der Waals surface area contributed by atoms with Crippen LogP contribution >= 0.6 is 20.3 Å². The third-order valence-electron chi connectivity index (χ3n) is 11.7. The molecule has 6 aromatic rings. The van der Waals surface area contributed by atoms with E-state index in [2.05, 4.69) is 64.8 Å². The Labute approximate surface area is 422 Å². The van der Waals surface area contributed by atoms with Crippen LogP contribution in [-0.2, 0) is 38.4 Å². The molecule has 7 rings (SSSR count). The molecule has 4 aromatic carbocycles.